The van der Waals surface area contributed by atoms with Crippen LogP contribution >= 0.6 is 0 Å². The van der Waals surface area contributed by atoms with Crippen LogP contribution in [0.1, 0.15) is 62.1 Å². The molecule has 1 spiro atoms. The Bertz CT molecular complexity index is 480. The molecule has 1 aromatic rings. The Hall–Kier alpha value is -0.860. The Labute approximate surface area is 121 Å². The molecule has 1 aliphatic heterocycles. The summed E-state index contributed by atoms with van der Waals surface area (Å²) in [6.45, 7) is 0.950. The van der Waals surface area contributed by atoms with E-state index in [1.54, 1.807) is 11.1 Å². The maximum Gasteiger partial charge on any atom is 0.0697 e. The molecule has 1 saturated heterocycles. The summed E-state index contributed by atoms with van der Waals surface area (Å²) in [5, 5.41) is 3.96. The molecule has 3 aliphatic rings. The molecule has 2 heteroatoms. The first-order chi connectivity index (χ1) is 9.85. The highest BCUT2D eigenvalue weighted by molar-refractivity contribution is 5.32. The SMILES string of the molecule is c1ccc2c(c1)CCCC2NC1CCOC2(CCC2)C1. The van der Waals surface area contributed by atoms with Gasteiger partial charge in [0.05, 0.1) is 5.60 Å². The third kappa shape index (κ3) is 2.29. The fourth-order valence-electron chi connectivity index (χ4n) is 4.30. The van der Waals surface area contributed by atoms with Crippen molar-refractivity contribution >= 4 is 0 Å². The van der Waals surface area contributed by atoms with Gasteiger partial charge in [0.1, 0.15) is 0 Å². The normalized spacial score (nSPS) is 31.6. The van der Waals surface area contributed by atoms with Gasteiger partial charge in [0.2, 0.25) is 0 Å². The molecule has 0 radical (unpaired) electrons. The molecule has 1 saturated carbocycles. The smallest absolute Gasteiger partial charge is 0.0697 e. The number of hydrogen-bond acceptors (Lipinski definition) is 2. The van der Waals surface area contributed by atoms with E-state index in [2.05, 4.69) is 29.6 Å². The molecule has 2 nitrogen and oxygen atoms in total. The summed E-state index contributed by atoms with van der Waals surface area (Å²) in [7, 11) is 0. The molecule has 2 fully saturated rings. The van der Waals surface area contributed by atoms with E-state index in [0.29, 0.717) is 12.1 Å². The van der Waals surface area contributed by atoms with E-state index in [1.807, 2.05) is 0 Å². The van der Waals surface area contributed by atoms with E-state index in [4.69, 9.17) is 4.74 Å². The average molecular weight is 271 g/mol. The first-order valence-corrected chi connectivity index (χ1v) is 8.33. The number of hydrogen-bond donors (Lipinski definition) is 1. The van der Waals surface area contributed by atoms with Gasteiger partial charge in [0.25, 0.3) is 0 Å². The summed E-state index contributed by atoms with van der Waals surface area (Å²) in [5.41, 5.74) is 3.36. The molecule has 20 heavy (non-hydrogen) atoms. The summed E-state index contributed by atoms with van der Waals surface area (Å²) in [4.78, 5) is 0. The predicted octanol–water partition coefficient (Wildman–Crippen LogP) is 3.76. The summed E-state index contributed by atoms with van der Waals surface area (Å²) in [6, 6.07) is 10.2. The van der Waals surface area contributed by atoms with E-state index in [-0.39, 0.29) is 5.60 Å². The summed E-state index contributed by atoms with van der Waals surface area (Å²) in [5.74, 6) is 0. The minimum Gasteiger partial charge on any atom is -0.375 e. The lowest BCUT2D eigenvalue weighted by molar-refractivity contribution is -0.136. The van der Waals surface area contributed by atoms with Gasteiger partial charge in [-0.3, -0.25) is 0 Å². The fourth-order valence-corrected chi connectivity index (χ4v) is 4.30. The van der Waals surface area contributed by atoms with Crippen LogP contribution in [0.2, 0.25) is 0 Å². The zero-order chi connectivity index (χ0) is 13.4. The van der Waals surface area contributed by atoms with Gasteiger partial charge in [-0.15, -0.1) is 0 Å². The predicted molar refractivity (Wildman–Crippen MR) is 80.8 cm³/mol. The number of fused-ring (bicyclic) bond motifs is 1. The molecule has 1 N–H and O–H groups in total. The van der Waals surface area contributed by atoms with E-state index in [0.717, 1.165) is 6.61 Å². The zero-order valence-corrected chi connectivity index (χ0v) is 12.2. The molecule has 2 atom stereocenters. The van der Waals surface area contributed by atoms with Gasteiger partial charge in [-0.05, 0) is 62.5 Å². The molecule has 0 bridgehead atoms. The molecule has 1 aromatic carbocycles. The largest absolute Gasteiger partial charge is 0.375 e. The van der Waals surface area contributed by atoms with Crippen molar-refractivity contribution in [1.29, 1.82) is 0 Å². The molecular formula is C18H25NO. The molecular weight excluding hydrogens is 246 g/mol. The molecule has 0 amide bonds. The van der Waals surface area contributed by atoms with Crippen LogP contribution in [-0.4, -0.2) is 18.2 Å². The fraction of sp³-hybridized carbons (Fsp3) is 0.667. The van der Waals surface area contributed by atoms with Crippen molar-refractivity contribution in [3.05, 3.63) is 35.4 Å². The van der Waals surface area contributed by atoms with Gasteiger partial charge in [-0.1, -0.05) is 24.3 Å². The van der Waals surface area contributed by atoms with Crippen LogP contribution in [0.3, 0.4) is 0 Å². The van der Waals surface area contributed by atoms with Crippen molar-refractivity contribution in [3.8, 4) is 0 Å². The van der Waals surface area contributed by atoms with Crippen molar-refractivity contribution in [2.24, 2.45) is 0 Å². The molecule has 2 unspecified atom stereocenters. The van der Waals surface area contributed by atoms with Crippen molar-refractivity contribution in [2.45, 2.75) is 69.1 Å². The highest BCUT2D eigenvalue weighted by Crippen LogP contribution is 2.43. The van der Waals surface area contributed by atoms with E-state index >= 15 is 0 Å². The maximum atomic E-state index is 6.05. The third-order valence-corrected chi connectivity index (χ3v) is 5.56. The van der Waals surface area contributed by atoms with Gasteiger partial charge in [-0.2, -0.15) is 0 Å². The lowest BCUT2D eigenvalue weighted by Gasteiger charge is -2.48. The highest BCUT2D eigenvalue weighted by Gasteiger charge is 2.42. The van der Waals surface area contributed by atoms with Gasteiger partial charge in [0.15, 0.2) is 0 Å². The molecule has 4 rings (SSSR count). The van der Waals surface area contributed by atoms with Crippen LogP contribution in [0.15, 0.2) is 24.3 Å². The monoisotopic (exact) mass is 271 g/mol. The van der Waals surface area contributed by atoms with E-state index in [9.17, 15) is 0 Å². The van der Waals surface area contributed by atoms with Gasteiger partial charge in [0, 0.05) is 18.7 Å². The lowest BCUT2D eigenvalue weighted by Crippen LogP contribution is -2.51. The minimum absolute atomic E-state index is 0.254. The topological polar surface area (TPSA) is 21.3 Å². The van der Waals surface area contributed by atoms with Crippen LogP contribution in [0, 0.1) is 0 Å². The van der Waals surface area contributed by atoms with Gasteiger partial charge < -0.3 is 10.1 Å². The number of ether oxygens (including phenoxy) is 1. The van der Waals surface area contributed by atoms with Crippen LogP contribution < -0.4 is 5.32 Å². The number of rotatable bonds is 2. The van der Waals surface area contributed by atoms with Crippen LogP contribution in [-0.2, 0) is 11.2 Å². The minimum atomic E-state index is 0.254. The van der Waals surface area contributed by atoms with Crippen molar-refractivity contribution in [1.82, 2.24) is 5.32 Å². The van der Waals surface area contributed by atoms with Gasteiger partial charge >= 0.3 is 0 Å². The van der Waals surface area contributed by atoms with Crippen LogP contribution in [0.4, 0.5) is 0 Å². The van der Waals surface area contributed by atoms with Gasteiger partial charge in [-0.25, -0.2) is 0 Å². The first kappa shape index (κ1) is 12.8. The number of aryl methyl sites for hydroxylation is 1. The van der Waals surface area contributed by atoms with Crippen LogP contribution in [0.5, 0.6) is 0 Å². The lowest BCUT2D eigenvalue weighted by atomic mass is 9.73. The molecule has 1 heterocycles. The summed E-state index contributed by atoms with van der Waals surface area (Å²) >= 11 is 0. The standard InChI is InChI=1S/C18H25NO/c1-2-7-16-14(5-1)6-3-8-17(16)19-15-9-12-20-18(13-15)10-4-11-18/h1-2,5,7,15,17,19H,3-4,6,8-13H2. The Morgan fingerprint density at radius 2 is 2.00 bits per heavy atom. The highest BCUT2D eigenvalue weighted by atomic mass is 16.5. The third-order valence-electron chi connectivity index (χ3n) is 5.56. The van der Waals surface area contributed by atoms with Crippen molar-refractivity contribution in [3.63, 3.8) is 0 Å². The second-order valence-corrected chi connectivity index (χ2v) is 6.89. The summed E-state index contributed by atoms with van der Waals surface area (Å²) < 4.78 is 6.05. The second-order valence-electron chi connectivity index (χ2n) is 6.89. The molecule has 108 valence electrons. The van der Waals surface area contributed by atoms with Crippen molar-refractivity contribution in [2.75, 3.05) is 6.61 Å². The zero-order valence-electron chi connectivity index (χ0n) is 12.2. The molecule has 2 aliphatic carbocycles. The summed E-state index contributed by atoms with van der Waals surface area (Å²) in [6.07, 6.45) is 10.2. The quantitative estimate of drug-likeness (QED) is 0.884. The Morgan fingerprint density at radius 3 is 2.85 bits per heavy atom. The Morgan fingerprint density at radius 1 is 1.10 bits per heavy atom. The maximum absolute atomic E-state index is 6.05. The number of benzene rings is 1. The van der Waals surface area contributed by atoms with Crippen LogP contribution in [0.25, 0.3) is 0 Å². The first-order valence-electron chi connectivity index (χ1n) is 8.33. The Balaban J connectivity index is 1.47. The van der Waals surface area contributed by atoms with E-state index in [1.165, 1.54) is 51.4 Å². The Kier molecular flexibility index (Phi) is 3.31. The van der Waals surface area contributed by atoms with E-state index < -0.39 is 0 Å². The second kappa shape index (κ2) is 5.16. The molecule has 0 aromatic heterocycles. The average Bonchev–Trinajstić information content (AvgIpc) is 2.46. The number of nitrogens with one attached hydrogen (secondary N) is 1. The van der Waals surface area contributed by atoms with Crippen molar-refractivity contribution < 1.29 is 4.74 Å².